The Labute approximate surface area is 132 Å². The van der Waals surface area contributed by atoms with Crippen molar-refractivity contribution in [2.75, 3.05) is 6.54 Å². The van der Waals surface area contributed by atoms with E-state index < -0.39 is 12.0 Å². The summed E-state index contributed by atoms with van der Waals surface area (Å²) in [5.74, 6) is -0.942. The fourth-order valence-corrected chi connectivity index (χ4v) is 3.89. The molecule has 1 fully saturated rings. The Morgan fingerprint density at radius 1 is 1.36 bits per heavy atom. The third-order valence-electron chi connectivity index (χ3n) is 3.98. The molecule has 22 heavy (non-hydrogen) atoms. The number of fused-ring (bicyclic) bond motifs is 1. The molecule has 3 rings (SSSR count). The number of likely N-dealkylation sites (tertiary alicyclic amines) is 1. The molecule has 2 heterocycles. The van der Waals surface area contributed by atoms with Gasteiger partial charge in [-0.05, 0) is 37.8 Å². The van der Waals surface area contributed by atoms with Crippen molar-refractivity contribution in [1.29, 1.82) is 0 Å². The molecule has 0 spiro atoms. The van der Waals surface area contributed by atoms with Crippen LogP contribution in [0.2, 0.25) is 0 Å². The summed E-state index contributed by atoms with van der Waals surface area (Å²) in [7, 11) is 0. The second-order valence-corrected chi connectivity index (χ2v) is 6.63. The van der Waals surface area contributed by atoms with Crippen LogP contribution in [0.1, 0.15) is 30.7 Å². The smallest absolute Gasteiger partial charge is 0.326 e. The number of carbonyl (C=O) groups excluding carboxylic acids is 1. The van der Waals surface area contributed by atoms with E-state index in [-0.39, 0.29) is 5.91 Å². The zero-order chi connectivity index (χ0) is 15.5. The number of thiazole rings is 1. The van der Waals surface area contributed by atoms with Gasteiger partial charge in [0.15, 0.2) is 0 Å². The van der Waals surface area contributed by atoms with Crippen LogP contribution < -0.4 is 0 Å². The van der Waals surface area contributed by atoms with Gasteiger partial charge in [0.25, 0.3) is 0 Å². The summed E-state index contributed by atoms with van der Waals surface area (Å²) in [6.45, 7) is 0.566. The van der Waals surface area contributed by atoms with Gasteiger partial charge in [-0.1, -0.05) is 12.1 Å². The molecule has 116 valence electrons. The van der Waals surface area contributed by atoms with E-state index in [1.54, 1.807) is 11.3 Å². The molecule has 1 aromatic carbocycles. The van der Waals surface area contributed by atoms with Crippen LogP contribution in [0.25, 0.3) is 10.2 Å². The topological polar surface area (TPSA) is 70.5 Å². The minimum absolute atomic E-state index is 0.0500. The monoisotopic (exact) mass is 318 g/mol. The average molecular weight is 318 g/mol. The summed E-state index contributed by atoms with van der Waals surface area (Å²) >= 11 is 1.66. The average Bonchev–Trinajstić information content (AvgIpc) is 3.13. The number of carbonyl (C=O) groups is 2. The van der Waals surface area contributed by atoms with E-state index in [1.807, 2.05) is 24.3 Å². The molecule has 0 radical (unpaired) electrons. The number of amides is 1. The summed E-state index contributed by atoms with van der Waals surface area (Å²) < 4.78 is 1.16. The molecule has 5 nitrogen and oxygen atoms in total. The molecular weight excluding hydrogens is 300 g/mol. The highest BCUT2D eigenvalue weighted by molar-refractivity contribution is 7.18. The van der Waals surface area contributed by atoms with Gasteiger partial charge in [0.1, 0.15) is 6.04 Å². The largest absolute Gasteiger partial charge is 0.480 e. The van der Waals surface area contributed by atoms with Crippen LogP contribution in [0.4, 0.5) is 0 Å². The van der Waals surface area contributed by atoms with Gasteiger partial charge in [-0.15, -0.1) is 11.3 Å². The number of rotatable bonds is 5. The van der Waals surface area contributed by atoms with Crippen molar-refractivity contribution in [1.82, 2.24) is 9.88 Å². The van der Waals surface area contributed by atoms with Crippen LogP contribution in [0, 0.1) is 0 Å². The number of nitrogens with zero attached hydrogens (tertiary/aromatic N) is 2. The normalized spacial score (nSPS) is 18.0. The van der Waals surface area contributed by atoms with E-state index in [1.165, 1.54) is 4.90 Å². The molecule has 1 aliphatic heterocycles. The lowest BCUT2D eigenvalue weighted by atomic mass is 10.2. The van der Waals surface area contributed by atoms with Crippen LogP contribution in [-0.2, 0) is 16.0 Å². The first-order chi connectivity index (χ1) is 10.6. The molecule has 1 aliphatic rings. The Morgan fingerprint density at radius 2 is 2.18 bits per heavy atom. The number of carboxylic acid groups (broad SMARTS) is 1. The van der Waals surface area contributed by atoms with Crippen molar-refractivity contribution >= 4 is 33.4 Å². The van der Waals surface area contributed by atoms with Crippen LogP contribution >= 0.6 is 11.3 Å². The highest BCUT2D eigenvalue weighted by Crippen LogP contribution is 2.23. The van der Waals surface area contributed by atoms with Crippen LogP contribution in [0.3, 0.4) is 0 Å². The lowest BCUT2D eigenvalue weighted by Gasteiger charge is -2.21. The second-order valence-electron chi connectivity index (χ2n) is 5.51. The highest BCUT2D eigenvalue weighted by atomic mass is 32.1. The maximum absolute atomic E-state index is 12.2. The van der Waals surface area contributed by atoms with Gasteiger partial charge in [0, 0.05) is 13.0 Å². The molecule has 0 aliphatic carbocycles. The van der Waals surface area contributed by atoms with E-state index in [9.17, 15) is 9.59 Å². The number of hydrogen-bond acceptors (Lipinski definition) is 4. The Balaban J connectivity index is 1.54. The Hall–Kier alpha value is -1.95. The number of aromatic nitrogens is 1. The molecule has 2 aromatic rings. The van der Waals surface area contributed by atoms with Gasteiger partial charge < -0.3 is 10.0 Å². The fourth-order valence-electron chi connectivity index (χ4n) is 2.88. The maximum atomic E-state index is 12.2. The van der Waals surface area contributed by atoms with E-state index in [0.717, 1.165) is 28.1 Å². The molecule has 1 N–H and O–H groups in total. The van der Waals surface area contributed by atoms with Gasteiger partial charge in [0.2, 0.25) is 5.91 Å². The van der Waals surface area contributed by atoms with E-state index in [4.69, 9.17) is 5.11 Å². The Morgan fingerprint density at radius 3 is 2.95 bits per heavy atom. The van der Waals surface area contributed by atoms with Gasteiger partial charge in [-0.3, -0.25) is 4.79 Å². The number of hydrogen-bond donors (Lipinski definition) is 1. The van der Waals surface area contributed by atoms with Gasteiger partial charge >= 0.3 is 5.97 Å². The minimum Gasteiger partial charge on any atom is -0.480 e. The summed E-state index contributed by atoms with van der Waals surface area (Å²) in [6, 6.07) is 7.36. The molecule has 0 saturated carbocycles. The number of para-hydroxylation sites is 1. The van der Waals surface area contributed by atoms with Crippen molar-refractivity contribution in [2.24, 2.45) is 0 Å². The zero-order valence-corrected chi connectivity index (χ0v) is 13.0. The van der Waals surface area contributed by atoms with Gasteiger partial charge in [-0.25, -0.2) is 9.78 Å². The molecular formula is C16H18N2O3S. The Bertz CT molecular complexity index is 665. The number of carboxylic acids is 1. The SMILES string of the molecule is O=C(O)[C@H]1CCCN1C(=O)CCCc1nc2ccccc2s1. The van der Waals surface area contributed by atoms with E-state index in [2.05, 4.69) is 4.98 Å². The summed E-state index contributed by atoms with van der Waals surface area (Å²) in [5.41, 5.74) is 0.999. The molecule has 1 atom stereocenters. The molecule has 0 bridgehead atoms. The fraction of sp³-hybridized carbons (Fsp3) is 0.438. The predicted molar refractivity (Wildman–Crippen MR) is 84.9 cm³/mol. The third-order valence-corrected chi connectivity index (χ3v) is 5.07. The summed E-state index contributed by atoms with van der Waals surface area (Å²) in [4.78, 5) is 29.3. The van der Waals surface area contributed by atoms with Gasteiger partial charge in [-0.2, -0.15) is 0 Å². The van der Waals surface area contributed by atoms with Crippen LogP contribution in [-0.4, -0.2) is 39.5 Å². The van der Waals surface area contributed by atoms with Crippen molar-refractivity contribution in [3.8, 4) is 0 Å². The number of aryl methyl sites for hydroxylation is 1. The molecule has 6 heteroatoms. The number of benzene rings is 1. The van der Waals surface area contributed by atoms with E-state index in [0.29, 0.717) is 25.8 Å². The number of aliphatic carboxylic acids is 1. The third kappa shape index (κ3) is 3.11. The highest BCUT2D eigenvalue weighted by Gasteiger charge is 2.33. The van der Waals surface area contributed by atoms with Crippen molar-refractivity contribution in [3.05, 3.63) is 29.3 Å². The molecule has 1 amide bonds. The Kier molecular flexibility index (Phi) is 4.38. The second kappa shape index (κ2) is 6.44. The lowest BCUT2D eigenvalue weighted by molar-refractivity contribution is -0.148. The van der Waals surface area contributed by atoms with Crippen molar-refractivity contribution < 1.29 is 14.7 Å². The standard InChI is InChI=1S/C16H18N2O3S/c19-15(18-10-4-6-12(18)16(20)21)9-3-8-14-17-11-5-1-2-7-13(11)22-14/h1-2,5,7,12H,3-4,6,8-10H2,(H,20,21)/t12-/m1/s1. The van der Waals surface area contributed by atoms with Crippen molar-refractivity contribution in [2.45, 2.75) is 38.1 Å². The molecule has 1 aromatic heterocycles. The summed E-state index contributed by atoms with van der Waals surface area (Å²) in [5, 5.41) is 10.1. The maximum Gasteiger partial charge on any atom is 0.326 e. The predicted octanol–water partition coefficient (Wildman–Crippen LogP) is 2.69. The molecule has 1 saturated heterocycles. The minimum atomic E-state index is -0.892. The first-order valence-corrected chi connectivity index (χ1v) is 8.33. The zero-order valence-electron chi connectivity index (χ0n) is 12.2. The lowest BCUT2D eigenvalue weighted by Crippen LogP contribution is -2.40. The van der Waals surface area contributed by atoms with Crippen LogP contribution in [0.5, 0.6) is 0 Å². The first kappa shape index (κ1) is 15.0. The van der Waals surface area contributed by atoms with Crippen molar-refractivity contribution in [3.63, 3.8) is 0 Å². The van der Waals surface area contributed by atoms with Crippen LogP contribution in [0.15, 0.2) is 24.3 Å². The quantitative estimate of drug-likeness (QED) is 0.920. The summed E-state index contributed by atoms with van der Waals surface area (Å²) in [6.07, 6.45) is 3.21. The first-order valence-electron chi connectivity index (χ1n) is 7.52. The van der Waals surface area contributed by atoms with Gasteiger partial charge in [0.05, 0.1) is 15.2 Å². The molecule has 0 unspecified atom stereocenters. The van der Waals surface area contributed by atoms with E-state index >= 15 is 0 Å².